The van der Waals surface area contributed by atoms with E-state index in [9.17, 15) is 9.18 Å². The van der Waals surface area contributed by atoms with Crippen LogP contribution in [0.1, 0.15) is 29.6 Å². The van der Waals surface area contributed by atoms with E-state index < -0.39 is 5.95 Å². The number of carbonyl (C=O) groups excluding carboxylic acids is 1. The van der Waals surface area contributed by atoms with Gasteiger partial charge in [-0.3, -0.25) is 9.69 Å². The van der Waals surface area contributed by atoms with Crippen LogP contribution >= 0.6 is 0 Å². The highest BCUT2D eigenvalue weighted by Crippen LogP contribution is 2.22. The Morgan fingerprint density at radius 3 is 3.00 bits per heavy atom. The fourth-order valence-electron chi connectivity index (χ4n) is 3.11. The van der Waals surface area contributed by atoms with Gasteiger partial charge in [-0.2, -0.15) is 4.39 Å². The van der Waals surface area contributed by atoms with Crippen molar-refractivity contribution in [2.24, 2.45) is 0 Å². The van der Waals surface area contributed by atoms with Crippen LogP contribution in [-0.2, 0) is 0 Å². The standard InChI is InChI=1S/C14H18FN3O/c15-13-12(5-1-6-16-13)14(19)18-9-3-8-17-7-2-4-11(17)10-18/h1,5-6,11H,2-4,7-10H2. The van der Waals surface area contributed by atoms with Crippen molar-refractivity contribution in [2.45, 2.75) is 25.3 Å². The molecule has 1 unspecified atom stereocenters. The number of carbonyl (C=O) groups is 1. The van der Waals surface area contributed by atoms with Crippen molar-refractivity contribution in [3.63, 3.8) is 0 Å². The predicted octanol–water partition coefficient (Wildman–Crippen LogP) is 1.53. The van der Waals surface area contributed by atoms with E-state index in [2.05, 4.69) is 9.88 Å². The Balaban J connectivity index is 1.78. The van der Waals surface area contributed by atoms with E-state index in [0.717, 1.165) is 25.9 Å². The quantitative estimate of drug-likeness (QED) is 0.721. The van der Waals surface area contributed by atoms with Gasteiger partial charge in [-0.1, -0.05) is 0 Å². The second-order valence-corrected chi connectivity index (χ2v) is 5.28. The maximum Gasteiger partial charge on any atom is 0.258 e. The normalized spacial score (nSPS) is 24.1. The Bertz CT molecular complexity index is 480. The number of hydrogen-bond acceptors (Lipinski definition) is 3. The lowest BCUT2D eigenvalue weighted by Crippen LogP contribution is -2.40. The number of rotatable bonds is 1. The first kappa shape index (κ1) is 12.5. The molecule has 0 aliphatic carbocycles. The van der Waals surface area contributed by atoms with Crippen molar-refractivity contribution in [1.82, 2.24) is 14.8 Å². The summed E-state index contributed by atoms with van der Waals surface area (Å²) >= 11 is 0. The molecule has 19 heavy (non-hydrogen) atoms. The molecule has 0 bridgehead atoms. The van der Waals surface area contributed by atoms with E-state index in [1.54, 1.807) is 11.0 Å². The highest BCUT2D eigenvalue weighted by atomic mass is 19.1. The highest BCUT2D eigenvalue weighted by Gasteiger charge is 2.31. The topological polar surface area (TPSA) is 36.4 Å². The zero-order valence-corrected chi connectivity index (χ0v) is 10.9. The molecule has 4 nitrogen and oxygen atoms in total. The summed E-state index contributed by atoms with van der Waals surface area (Å²) in [6.07, 6.45) is 4.67. The molecule has 3 heterocycles. The Morgan fingerprint density at radius 1 is 1.32 bits per heavy atom. The second-order valence-electron chi connectivity index (χ2n) is 5.28. The Kier molecular flexibility index (Phi) is 3.46. The van der Waals surface area contributed by atoms with E-state index >= 15 is 0 Å². The molecule has 3 rings (SSSR count). The average molecular weight is 263 g/mol. The monoisotopic (exact) mass is 263 g/mol. The Labute approximate surface area is 112 Å². The molecule has 0 saturated carbocycles. The summed E-state index contributed by atoms with van der Waals surface area (Å²) in [6, 6.07) is 3.57. The first-order valence-electron chi connectivity index (χ1n) is 6.89. The smallest absolute Gasteiger partial charge is 0.258 e. The number of halogens is 1. The minimum absolute atomic E-state index is 0.0916. The van der Waals surface area contributed by atoms with Crippen LogP contribution in [0.25, 0.3) is 0 Å². The minimum atomic E-state index is -0.667. The van der Waals surface area contributed by atoms with Crippen molar-refractivity contribution in [2.75, 3.05) is 26.2 Å². The second kappa shape index (κ2) is 5.25. The van der Waals surface area contributed by atoms with Crippen molar-refractivity contribution < 1.29 is 9.18 Å². The van der Waals surface area contributed by atoms with Gasteiger partial charge in [0.25, 0.3) is 5.91 Å². The summed E-state index contributed by atoms with van der Waals surface area (Å²) in [5, 5.41) is 0. The fraction of sp³-hybridized carbons (Fsp3) is 0.571. The zero-order chi connectivity index (χ0) is 13.2. The number of pyridine rings is 1. The van der Waals surface area contributed by atoms with E-state index in [-0.39, 0.29) is 11.5 Å². The number of fused-ring (bicyclic) bond motifs is 1. The molecule has 2 aliphatic rings. The van der Waals surface area contributed by atoms with Gasteiger partial charge in [0.15, 0.2) is 0 Å². The first-order chi connectivity index (χ1) is 9.25. The lowest BCUT2D eigenvalue weighted by molar-refractivity contribution is 0.0737. The van der Waals surface area contributed by atoms with E-state index in [1.165, 1.54) is 18.7 Å². The third-order valence-electron chi connectivity index (χ3n) is 4.08. The van der Waals surface area contributed by atoms with Crippen LogP contribution in [0.2, 0.25) is 0 Å². The number of aromatic nitrogens is 1. The summed E-state index contributed by atoms with van der Waals surface area (Å²) in [5.74, 6) is -0.889. The maximum atomic E-state index is 13.6. The molecular formula is C14H18FN3O. The van der Waals surface area contributed by atoms with Gasteiger partial charge >= 0.3 is 0 Å². The summed E-state index contributed by atoms with van der Waals surface area (Å²) < 4.78 is 13.6. The molecule has 2 aliphatic heterocycles. The van der Waals surface area contributed by atoms with Crippen molar-refractivity contribution in [3.05, 3.63) is 29.8 Å². The van der Waals surface area contributed by atoms with E-state index in [0.29, 0.717) is 19.1 Å². The lowest BCUT2D eigenvalue weighted by Gasteiger charge is -2.25. The molecule has 0 N–H and O–H groups in total. The zero-order valence-electron chi connectivity index (χ0n) is 10.9. The summed E-state index contributed by atoms with van der Waals surface area (Å²) in [4.78, 5) is 20.2. The van der Waals surface area contributed by atoms with Crippen LogP contribution in [0.3, 0.4) is 0 Å². The largest absolute Gasteiger partial charge is 0.337 e. The molecule has 2 saturated heterocycles. The first-order valence-corrected chi connectivity index (χ1v) is 6.89. The van der Waals surface area contributed by atoms with Crippen LogP contribution in [0.4, 0.5) is 4.39 Å². The third-order valence-corrected chi connectivity index (χ3v) is 4.08. The Hall–Kier alpha value is -1.49. The Morgan fingerprint density at radius 2 is 2.16 bits per heavy atom. The average Bonchev–Trinajstić information content (AvgIpc) is 2.76. The van der Waals surface area contributed by atoms with Gasteiger partial charge in [0.1, 0.15) is 0 Å². The van der Waals surface area contributed by atoms with Gasteiger partial charge in [-0.15, -0.1) is 0 Å². The van der Waals surface area contributed by atoms with E-state index in [1.807, 2.05) is 0 Å². The number of amides is 1. The molecule has 1 atom stereocenters. The van der Waals surface area contributed by atoms with Crippen LogP contribution in [0.15, 0.2) is 18.3 Å². The molecule has 0 aromatic carbocycles. The third kappa shape index (κ3) is 2.47. The molecule has 2 fully saturated rings. The summed E-state index contributed by atoms with van der Waals surface area (Å²) in [6.45, 7) is 3.60. The van der Waals surface area contributed by atoms with Gasteiger partial charge in [-0.05, 0) is 37.9 Å². The minimum Gasteiger partial charge on any atom is -0.337 e. The van der Waals surface area contributed by atoms with Crippen LogP contribution in [0, 0.1) is 5.95 Å². The van der Waals surface area contributed by atoms with Gasteiger partial charge in [0.2, 0.25) is 5.95 Å². The molecule has 0 radical (unpaired) electrons. The number of nitrogens with zero attached hydrogens (tertiary/aromatic N) is 3. The van der Waals surface area contributed by atoms with Gasteiger partial charge in [0.05, 0.1) is 5.56 Å². The maximum absolute atomic E-state index is 13.6. The van der Waals surface area contributed by atoms with Crippen molar-refractivity contribution in [1.29, 1.82) is 0 Å². The van der Waals surface area contributed by atoms with Gasteiger partial charge in [0, 0.05) is 31.9 Å². The molecule has 1 amide bonds. The summed E-state index contributed by atoms with van der Waals surface area (Å²) in [5.41, 5.74) is 0.0916. The van der Waals surface area contributed by atoms with Crippen LogP contribution < -0.4 is 0 Å². The van der Waals surface area contributed by atoms with Crippen molar-refractivity contribution >= 4 is 5.91 Å². The number of hydrogen-bond donors (Lipinski definition) is 0. The van der Waals surface area contributed by atoms with Gasteiger partial charge in [-0.25, -0.2) is 4.98 Å². The SMILES string of the molecule is O=C(c1cccnc1F)N1CCCN2CCCC2C1. The molecule has 0 spiro atoms. The molecule has 102 valence electrons. The molecule has 5 heteroatoms. The molecule has 1 aromatic rings. The van der Waals surface area contributed by atoms with Crippen LogP contribution in [0.5, 0.6) is 0 Å². The van der Waals surface area contributed by atoms with E-state index in [4.69, 9.17) is 0 Å². The van der Waals surface area contributed by atoms with Gasteiger partial charge < -0.3 is 4.90 Å². The summed E-state index contributed by atoms with van der Waals surface area (Å²) in [7, 11) is 0. The fourth-order valence-corrected chi connectivity index (χ4v) is 3.11. The van der Waals surface area contributed by atoms with Crippen LogP contribution in [-0.4, -0.2) is 52.9 Å². The van der Waals surface area contributed by atoms with Crippen molar-refractivity contribution in [3.8, 4) is 0 Å². The molecule has 1 aromatic heterocycles. The lowest BCUT2D eigenvalue weighted by atomic mass is 10.2. The molecular weight excluding hydrogens is 245 g/mol. The predicted molar refractivity (Wildman–Crippen MR) is 69.3 cm³/mol. The highest BCUT2D eigenvalue weighted by molar-refractivity contribution is 5.94.